The smallest absolute Gasteiger partial charge is 0.303 e. The molecule has 0 radical (unpaired) electrons. The number of aliphatic carboxylic acids is 1. The van der Waals surface area contributed by atoms with E-state index in [0.717, 1.165) is 31.5 Å². The fourth-order valence-electron chi connectivity index (χ4n) is 3.68. The summed E-state index contributed by atoms with van der Waals surface area (Å²) in [6.45, 7) is 0. The Labute approximate surface area is 117 Å². The predicted molar refractivity (Wildman–Crippen MR) is 73.2 cm³/mol. The average molecular weight is 271 g/mol. The Morgan fingerprint density at radius 2 is 2.10 bits per heavy atom. The van der Waals surface area contributed by atoms with Gasteiger partial charge in [-0.2, -0.15) is 5.26 Å². The first kappa shape index (κ1) is 12.9. The summed E-state index contributed by atoms with van der Waals surface area (Å²) in [5.74, 6) is 0.518. The van der Waals surface area contributed by atoms with Gasteiger partial charge in [0, 0.05) is 24.7 Å². The van der Waals surface area contributed by atoms with Gasteiger partial charge < -0.3 is 10.0 Å². The number of nitriles is 1. The first-order chi connectivity index (χ1) is 9.67. The zero-order valence-electron chi connectivity index (χ0n) is 11.2. The quantitative estimate of drug-likeness (QED) is 0.911. The molecule has 2 aliphatic rings. The van der Waals surface area contributed by atoms with Crippen LogP contribution in [-0.4, -0.2) is 28.1 Å². The molecule has 0 saturated carbocycles. The molecule has 3 heterocycles. The van der Waals surface area contributed by atoms with Gasteiger partial charge >= 0.3 is 5.97 Å². The van der Waals surface area contributed by atoms with Gasteiger partial charge in [-0.15, -0.1) is 0 Å². The zero-order valence-corrected chi connectivity index (χ0v) is 11.2. The van der Waals surface area contributed by atoms with Crippen molar-refractivity contribution in [3.8, 4) is 6.07 Å². The second kappa shape index (κ2) is 5.12. The van der Waals surface area contributed by atoms with E-state index in [2.05, 4.69) is 16.0 Å². The molecule has 1 aromatic heterocycles. The number of carbonyl (C=O) groups is 1. The number of aromatic nitrogens is 1. The molecule has 5 nitrogen and oxygen atoms in total. The highest BCUT2D eigenvalue weighted by Gasteiger charge is 2.41. The Morgan fingerprint density at radius 1 is 1.40 bits per heavy atom. The van der Waals surface area contributed by atoms with E-state index in [-0.39, 0.29) is 6.42 Å². The highest BCUT2D eigenvalue weighted by atomic mass is 16.4. The molecular weight excluding hydrogens is 254 g/mol. The van der Waals surface area contributed by atoms with Crippen LogP contribution in [0.15, 0.2) is 18.3 Å². The number of hydrogen-bond donors (Lipinski definition) is 1. The van der Waals surface area contributed by atoms with Crippen molar-refractivity contribution in [1.82, 2.24) is 4.98 Å². The van der Waals surface area contributed by atoms with Gasteiger partial charge in [0.15, 0.2) is 0 Å². The van der Waals surface area contributed by atoms with Crippen LogP contribution >= 0.6 is 0 Å². The molecule has 2 aliphatic heterocycles. The summed E-state index contributed by atoms with van der Waals surface area (Å²) in [6.07, 6.45) is 5.99. The molecule has 3 rings (SSSR count). The largest absolute Gasteiger partial charge is 0.481 e. The SMILES string of the molecule is N#Cc1ccc(N2C3CCC2CC(CC(=O)O)C3)nc1. The molecule has 2 bridgehead atoms. The summed E-state index contributed by atoms with van der Waals surface area (Å²) in [6, 6.07) is 6.58. The van der Waals surface area contributed by atoms with Crippen molar-refractivity contribution in [1.29, 1.82) is 5.26 Å². The molecule has 1 aromatic rings. The van der Waals surface area contributed by atoms with Crippen molar-refractivity contribution in [2.75, 3.05) is 4.90 Å². The number of hydrogen-bond acceptors (Lipinski definition) is 4. The number of carboxylic acids is 1. The maximum atomic E-state index is 10.9. The first-order valence-electron chi connectivity index (χ1n) is 7.03. The summed E-state index contributed by atoms with van der Waals surface area (Å²) >= 11 is 0. The summed E-state index contributed by atoms with van der Waals surface area (Å²) in [4.78, 5) is 17.6. The summed E-state index contributed by atoms with van der Waals surface area (Å²) in [5, 5.41) is 17.8. The molecule has 0 amide bonds. The fraction of sp³-hybridized carbons (Fsp3) is 0.533. The Balaban J connectivity index is 1.76. The molecule has 2 unspecified atom stereocenters. The van der Waals surface area contributed by atoms with Crippen LogP contribution in [0.5, 0.6) is 0 Å². The van der Waals surface area contributed by atoms with E-state index >= 15 is 0 Å². The lowest BCUT2D eigenvalue weighted by molar-refractivity contribution is -0.138. The minimum Gasteiger partial charge on any atom is -0.481 e. The number of fused-ring (bicyclic) bond motifs is 2. The van der Waals surface area contributed by atoms with Crippen LogP contribution < -0.4 is 4.90 Å². The van der Waals surface area contributed by atoms with Crippen molar-refractivity contribution < 1.29 is 9.90 Å². The number of anilines is 1. The van der Waals surface area contributed by atoms with Crippen molar-refractivity contribution in [3.05, 3.63) is 23.9 Å². The molecule has 0 spiro atoms. The molecule has 1 N–H and O–H groups in total. The topological polar surface area (TPSA) is 77.2 Å². The summed E-state index contributed by atoms with van der Waals surface area (Å²) < 4.78 is 0. The molecule has 104 valence electrons. The summed E-state index contributed by atoms with van der Waals surface area (Å²) in [5.41, 5.74) is 0.571. The van der Waals surface area contributed by atoms with Crippen LogP contribution in [0.1, 0.15) is 37.7 Å². The van der Waals surface area contributed by atoms with E-state index in [9.17, 15) is 4.79 Å². The Morgan fingerprint density at radius 3 is 2.60 bits per heavy atom. The van der Waals surface area contributed by atoms with Crippen LogP contribution in [0.3, 0.4) is 0 Å². The van der Waals surface area contributed by atoms with Crippen LogP contribution in [-0.2, 0) is 4.79 Å². The van der Waals surface area contributed by atoms with Gasteiger partial charge in [-0.05, 0) is 43.7 Å². The molecule has 5 heteroatoms. The van der Waals surface area contributed by atoms with Gasteiger partial charge in [0.2, 0.25) is 0 Å². The molecule has 2 saturated heterocycles. The van der Waals surface area contributed by atoms with E-state index in [1.165, 1.54) is 0 Å². The maximum Gasteiger partial charge on any atom is 0.303 e. The van der Waals surface area contributed by atoms with E-state index in [0.29, 0.717) is 23.6 Å². The van der Waals surface area contributed by atoms with E-state index in [1.54, 1.807) is 12.3 Å². The number of piperidine rings is 1. The third-order valence-corrected chi connectivity index (χ3v) is 4.44. The molecule has 20 heavy (non-hydrogen) atoms. The molecule has 2 fully saturated rings. The lowest BCUT2D eigenvalue weighted by Gasteiger charge is -2.39. The number of pyridine rings is 1. The number of nitrogens with zero attached hydrogens (tertiary/aromatic N) is 3. The number of rotatable bonds is 3. The highest BCUT2D eigenvalue weighted by Crippen LogP contribution is 2.41. The Kier molecular flexibility index (Phi) is 3.31. The lowest BCUT2D eigenvalue weighted by Crippen LogP contribution is -2.43. The van der Waals surface area contributed by atoms with Gasteiger partial charge in [-0.25, -0.2) is 4.98 Å². The standard InChI is InChI=1S/C15H17N3O2/c16-8-10-1-4-14(17-9-10)18-12-2-3-13(18)6-11(5-12)7-15(19)20/h1,4,9,11-13H,2-3,5-7H2,(H,19,20). The normalized spacial score (nSPS) is 28.1. The van der Waals surface area contributed by atoms with Crippen LogP contribution in [0.2, 0.25) is 0 Å². The van der Waals surface area contributed by atoms with Gasteiger partial charge in [0.1, 0.15) is 11.9 Å². The first-order valence-corrected chi connectivity index (χ1v) is 7.03. The van der Waals surface area contributed by atoms with Crippen LogP contribution in [0.25, 0.3) is 0 Å². The minimum atomic E-state index is -0.695. The lowest BCUT2D eigenvalue weighted by atomic mass is 9.88. The highest BCUT2D eigenvalue weighted by molar-refractivity contribution is 5.67. The second-order valence-electron chi connectivity index (χ2n) is 5.74. The van der Waals surface area contributed by atoms with E-state index in [4.69, 9.17) is 10.4 Å². The molecule has 2 atom stereocenters. The minimum absolute atomic E-state index is 0.279. The molecular formula is C15H17N3O2. The summed E-state index contributed by atoms with van der Waals surface area (Å²) in [7, 11) is 0. The number of carboxylic acid groups (broad SMARTS) is 1. The van der Waals surface area contributed by atoms with E-state index in [1.807, 2.05) is 6.07 Å². The van der Waals surface area contributed by atoms with E-state index < -0.39 is 5.97 Å². The van der Waals surface area contributed by atoms with Gasteiger partial charge in [-0.3, -0.25) is 4.79 Å². The molecule has 0 aliphatic carbocycles. The maximum absolute atomic E-state index is 10.9. The second-order valence-corrected chi connectivity index (χ2v) is 5.74. The van der Waals surface area contributed by atoms with Crippen molar-refractivity contribution in [2.24, 2.45) is 5.92 Å². The van der Waals surface area contributed by atoms with Crippen LogP contribution in [0.4, 0.5) is 5.82 Å². The van der Waals surface area contributed by atoms with Crippen molar-refractivity contribution in [3.63, 3.8) is 0 Å². The van der Waals surface area contributed by atoms with Gasteiger partial charge in [0.25, 0.3) is 0 Å². The van der Waals surface area contributed by atoms with Crippen LogP contribution in [0, 0.1) is 17.2 Å². The van der Waals surface area contributed by atoms with Gasteiger partial charge in [0.05, 0.1) is 5.56 Å². The Hall–Kier alpha value is -2.09. The third kappa shape index (κ3) is 2.34. The monoisotopic (exact) mass is 271 g/mol. The predicted octanol–water partition coefficient (Wildman–Crippen LogP) is 2.18. The zero-order chi connectivity index (χ0) is 14.1. The fourth-order valence-corrected chi connectivity index (χ4v) is 3.68. The van der Waals surface area contributed by atoms with Crippen molar-refractivity contribution in [2.45, 2.75) is 44.2 Å². The van der Waals surface area contributed by atoms with Crippen molar-refractivity contribution >= 4 is 11.8 Å². The third-order valence-electron chi connectivity index (χ3n) is 4.44. The van der Waals surface area contributed by atoms with Gasteiger partial charge in [-0.1, -0.05) is 0 Å². The average Bonchev–Trinajstić information content (AvgIpc) is 2.70. The Bertz CT molecular complexity index is 535. The molecule has 0 aromatic carbocycles.